The first-order valence-electron chi connectivity index (χ1n) is 9.05. The predicted molar refractivity (Wildman–Crippen MR) is 102 cm³/mol. The van der Waals surface area contributed by atoms with Crippen LogP contribution in [0.4, 0.5) is 13.6 Å². The molecular weight excluding hydrogens is 404 g/mol. The molecule has 1 unspecified atom stereocenters. The van der Waals surface area contributed by atoms with Gasteiger partial charge in [-0.2, -0.15) is 8.42 Å². The van der Waals surface area contributed by atoms with Crippen LogP contribution in [-0.2, 0) is 14.3 Å². The highest BCUT2D eigenvalue weighted by molar-refractivity contribution is 7.86. The molecule has 2 aromatic carbocycles. The van der Waals surface area contributed by atoms with Gasteiger partial charge in [-0.25, -0.2) is 13.6 Å². The van der Waals surface area contributed by atoms with E-state index in [0.717, 1.165) is 17.2 Å². The van der Waals surface area contributed by atoms with Gasteiger partial charge in [0.15, 0.2) is 11.6 Å². The van der Waals surface area contributed by atoms with Crippen molar-refractivity contribution in [1.82, 2.24) is 4.90 Å². The van der Waals surface area contributed by atoms with Crippen molar-refractivity contribution in [3.05, 3.63) is 71.3 Å². The van der Waals surface area contributed by atoms with Crippen LogP contribution in [-0.4, -0.2) is 49.5 Å². The van der Waals surface area contributed by atoms with Crippen molar-refractivity contribution in [1.29, 1.82) is 0 Å². The van der Waals surface area contributed by atoms with Crippen LogP contribution in [0.15, 0.2) is 48.5 Å². The van der Waals surface area contributed by atoms with Gasteiger partial charge in [-0.15, -0.1) is 0 Å². The molecule has 0 bridgehead atoms. The molecule has 1 heterocycles. The summed E-state index contributed by atoms with van der Waals surface area (Å²) in [5.41, 5.74) is 0.393. The summed E-state index contributed by atoms with van der Waals surface area (Å²) >= 11 is 0. The highest BCUT2D eigenvalue weighted by atomic mass is 32.2. The quantitative estimate of drug-likeness (QED) is 0.715. The third kappa shape index (κ3) is 4.73. The monoisotopic (exact) mass is 425 g/mol. The normalized spacial score (nSPS) is 19.1. The average molecular weight is 425 g/mol. The molecule has 2 aromatic rings. The van der Waals surface area contributed by atoms with Crippen LogP contribution < -0.4 is 0 Å². The van der Waals surface area contributed by atoms with E-state index in [1.165, 1.54) is 12.1 Å². The van der Waals surface area contributed by atoms with Gasteiger partial charge in [-0.05, 0) is 24.5 Å². The van der Waals surface area contributed by atoms with Gasteiger partial charge in [0.25, 0.3) is 10.1 Å². The number of amides is 1. The maximum absolute atomic E-state index is 14.8. The molecule has 0 radical (unpaired) electrons. The number of rotatable bonds is 6. The largest absolute Gasteiger partial charge is 0.465 e. The Labute approximate surface area is 167 Å². The Bertz CT molecular complexity index is 984. The number of carboxylic acid groups (broad SMARTS) is 1. The summed E-state index contributed by atoms with van der Waals surface area (Å²) in [6.07, 6.45) is -0.784. The second-order valence-electron chi connectivity index (χ2n) is 6.98. The molecule has 0 aromatic heterocycles. The van der Waals surface area contributed by atoms with E-state index >= 15 is 0 Å². The molecule has 3 atom stereocenters. The number of likely N-dealkylation sites (tertiary alicyclic amines) is 1. The highest BCUT2D eigenvalue weighted by Gasteiger charge is 2.43. The Morgan fingerprint density at radius 3 is 2.48 bits per heavy atom. The molecule has 0 saturated carbocycles. The summed E-state index contributed by atoms with van der Waals surface area (Å²) < 4.78 is 58.2. The first kappa shape index (κ1) is 21.2. The standard InChI is InChI=1S/C20H21F2NO5S/c1-29(26,27)28-19(16-11-6-12-23(16)20(24)25)17(13-7-3-2-4-8-13)14-9-5-10-15(21)18(14)22/h2-5,7-10,16-17,19H,6,11-12H2,1H3,(H,24,25)/t16?,17-,19+/m1/s1. The fraction of sp³-hybridized carbons (Fsp3) is 0.350. The molecule has 3 rings (SSSR count). The maximum Gasteiger partial charge on any atom is 0.407 e. The van der Waals surface area contributed by atoms with Gasteiger partial charge in [0.1, 0.15) is 6.10 Å². The highest BCUT2D eigenvalue weighted by Crippen LogP contribution is 2.38. The van der Waals surface area contributed by atoms with Crippen LogP contribution in [0.5, 0.6) is 0 Å². The number of benzene rings is 2. The van der Waals surface area contributed by atoms with Gasteiger partial charge in [0, 0.05) is 18.0 Å². The second kappa shape index (κ2) is 8.46. The van der Waals surface area contributed by atoms with Crippen molar-refractivity contribution in [2.75, 3.05) is 12.8 Å². The third-order valence-corrected chi connectivity index (χ3v) is 5.59. The summed E-state index contributed by atoms with van der Waals surface area (Å²) in [5, 5.41) is 9.54. The lowest BCUT2D eigenvalue weighted by Gasteiger charge is -2.35. The second-order valence-corrected chi connectivity index (χ2v) is 8.58. The Morgan fingerprint density at radius 1 is 1.17 bits per heavy atom. The molecule has 1 fully saturated rings. The molecular formula is C20H21F2NO5S. The van der Waals surface area contributed by atoms with E-state index in [4.69, 9.17) is 4.18 Å². The summed E-state index contributed by atoms with van der Waals surface area (Å²) in [6, 6.07) is 11.2. The topological polar surface area (TPSA) is 83.9 Å². The SMILES string of the molecule is CS(=O)(=O)O[C@@H](C1CCCN1C(=O)O)[C@H](c1ccccc1)c1cccc(F)c1F. The average Bonchev–Trinajstić information content (AvgIpc) is 3.14. The minimum atomic E-state index is -4.03. The Kier molecular flexibility index (Phi) is 6.18. The lowest BCUT2D eigenvalue weighted by molar-refractivity contribution is 0.0771. The van der Waals surface area contributed by atoms with E-state index in [0.29, 0.717) is 18.4 Å². The molecule has 1 aliphatic rings. The van der Waals surface area contributed by atoms with Crippen LogP contribution in [0.1, 0.15) is 29.9 Å². The van der Waals surface area contributed by atoms with Crippen LogP contribution in [0.3, 0.4) is 0 Å². The van der Waals surface area contributed by atoms with E-state index in [1.807, 2.05) is 0 Å². The molecule has 0 aliphatic carbocycles. The molecule has 0 spiro atoms. The van der Waals surface area contributed by atoms with E-state index in [1.54, 1.807) is 30.3 Å². The Morgan fingerprint density at radius 2 is 1.86 bits per heavy atom. The lowest BCUT2D eigenvalue weighted by Crippen LogP contribution is -2.47. The number of halogens is 2. The lowest BCUT2D eigenvalue weighted by atomic mass is 9.82. The van der Waals surface area contributed by atoms with Crippen molar-refractivity contribution in [2.45, 2.75) is 30.9 Å². The Balaban J connectivity index is 2.20. The first-order valence-corrected chi connectivity index (χ1v) is 10.9. The van der Waals surface area contributed by atoms with Crippen molar-refractivity contribution in [2.24, 2.45) is 0 Å². The zero-order chi connectivity index (χ0) is 21.2. The van der Waals surface area contributed by atoms with Crippen LogP contribution in [0, 0.1) is 11.6 Å². The minimum Gasteiger partial charge on any atom is -0.465 e. The number of carbonyl (C=O) groups is 1. The van der Waals surface area contributed by atoms with Gasteiger partial charge in [-0.1, -0.05) is 42.5 Å². The van der Waals surface area contributed by atoms with Gasteiger partial charge in [-0.3, -0.25) is 4.18 Å². The summed E-state index contributed by atoms with van der Waals surface area (Å²) in [4.78, 5) is 12.8. The van der Waals surface area contributed by atoms with Gasteiger partial charge < -0.3 is 10.0 Å². The zero-order valence-electron chi connectivity index (χ0n) is 15.7. The van der Waals surface area contributed by atoms with Crippen LogP contribution in [0.2, 0.25) is 0 Å². The number of hydrogen-bond donors (Lipinski definition) is 1. The van der Waals surface area contributed by atoms with Crippen LogP contribution >= 0.6 is 0 Å². The fourth-order valence-corrected chi connectivity index (χ4v) is 4.53. The number of hydrogen-bond acceptors (Lipinski definition) is 4. The van der Waals surface area contributed by atoms with Crippen LogP contribution in [0.25, 0.3) is 0 Å². The minimum absolute atomic E-state index is 0.0953. The first-order chi connectivity index (χ1) is 13.7. The fourth-order valence-electron chi connectivity index (χ4n) is 3.88. The molecule has 1 amide bonds. The molecule has 1 N–H and O–H groups in total. The Hall–Kier alpha value is -2.52. The smallest absolute Gasteiger partial charge is 0.407 e. The molecule has 29 heavy (non-hydrogen) atoms. The molecule has 6 nitrogen and oxygen atoms in total. The number of nitrogens with zero attached hydrogens (tertiary/aromatic N) is 1. The molecule has 156 valence electrons. The summed E-state index contributed by atoms with van der Waals surface area (Å²) in [6.45, 7) is 0.205. The van der Waals surface area contributed by atoms with Crippen molar-refractivity contribution in [3.8, 4) is 0 Å². The van der Waals surface area contributed by atoms with Gasteiger partial charge in [0.2, 0.25) is 0 Å². The maximum atomic E-state index is 14.8. The summed E-state index contributed by atoms with van der Waals surface area (Å²) in [7, 11) is -4.03. The predicted octanol–water partition coefficient (Wildman–Crippen LogP) is 3.58. The van der Waals surface area contributed by atoms with E-state index in [-0.39, 0.29) is 12.1 Å². The van der Waals surface area contributed by atoms with Crippen molar-refractivity contribution >= 4 is 16.2 Å². The van der Waals surface area contributed by atoms with Gasteiger partial charge in [0.05, 0.1) is 12.3 Å². The summed E-state index contributed by atoms with van der Waals surface area (Å²) in [5.74, 6) is -3.24. The van der Waals surface area contributed by atoms with Crippen molar-refractivity contribution < 1.29 is 31.3 Å². The molecule has 1 saturated heterocycles. The van der Waals surface area contributed by atoms with E-state index in [2.05, 4.69) is 0 Å². The zero-order valence-corrected chi connectivity index (χ0v) is 16.5. The van der Waals surface area contributed by atoms with E-state index in [9.17, 15) is 27.1 Å². The van der Waals surface area contributed by atoms with Gasteiger partial charge >= 0.3 is 6.09 Å². The molecule has 1 aliphatic heterocycles. The van der Waals surface area contributed by atoms with E-state index < -0.39 is 45.9 Å². The molecule has 9 heteroatoms. The third-order valence-electron chi connectivity index (χ3n) is 5.01. The van der Waals surface area contributed by atoms with Crippen molar-refractivity contribution in [3.63, 3.8) is 0 Å².